The maximum atomic E-state index is 11.8. The quantitative estimate of drug-likeness (QED) is 0.602. The minimum atomic E-state index is -0.546. The Morgan fingerprint density at radius 1 is 0.931 bits per heavy atom. The molecule has 8 heteroatoms. The minimum absolute atomic E-state index is 0.0818. The predicted molar refractivity (Wildman–Crippen MR) is 113 cm³/mol. The maximum Gasteiger partial charge on any atom is 0.276 e. The minimum Gasteiger partial charge on any atom is -0.484 e. The molecule has 2 rings (SSSR count). The molecule has 0 aliphatic carbocycles. The molecular formula is C21H24Cl2N2O4. The largest absolute Gasteiger partial charge is 0.484 e. The topological polar surface area (TPSA) is 76.7 Å². The van der Waals surface area contributed by atoms with Crippen LogP contribution in [0.25, 0.3) is 0 Å². The zero-order valence-corrected chi connectivity index (χ0v) is 18.1. The van der Waals surface area contributed by atoms with Crippen LogP contribution < -0.4 is 20.3 Å². The fourth-order valence-corrected chi connectivity index (χ4v) is 2.77. The number of carbonyl (C=O) groups excluding carboxylic acids is 2. The lowest BCUT2D eigenvalue weighted by atomic mass is 9.82. The van der Waals surface area contributed by atoms with Crippen molar-refractivity contribution in [2.75, 3.05) is 13.2 Å². The van der Waals surface area contributed by atoms with Crippen molar-refractivity contribution >= 4 is 35.0 Å². The van der Waals surface area contributed by atoms with Crippen LogP contribution in [0, 0.1) is 0 Å². The lowest BCUT2D eigenvalue weighted by Gasteiger charge is -2.23. The van der Waals surface area contributed by atoms with Gasteiger partial charge in [0.25, 0.3) is 11.8 Å². The summed E-state index contributed by atoms with van der Waals surface area (Å²) in [5.41, 5.74) is 5.78. The number of carbonyl (C=O) groups is 2. The molecule has 156 valence electrons. The molecule has 0 atom stereocenters. The van der Waals surface area contributed by atoms with Gasteiger partial charge in [0.2, 0.25) is 0 Å². The van der Waals surface area contributed by atoms with Crippen LogP contribution in [0.4, 0.5) is 0 Å². The van der Waals surface area contributed by atoms with Crippen molar-refractivity contribution in [2.24, 2.45) is 0 Å². The molecule has 0 bridgehead atoms. The number of halogens is 2. The lowest BCUT2D eigenvalue weighted by molar-refractivity contribution is -0.131. The van der Waals surface area contributed by atoms with E-state index >= 15 is 0 Å². The van der Waals surface area contributed by atoms with Gasteiger partial charge in [0.1, 0.15) is 11.5 Å². The molecule has 6 nitrogen and oxygen atoms in total. The molecule has 2 aromatic rings. The van der Waals surface area contributed by atoms with Crippen molar-refractivity contribution in [3.63, 3.8) is 0 Å². The van der Waals surface area contributed by atoms with Crippen LogP contribution in [0.5, 0.6) is 11.5 Å². The van der Waals surface area contributed by atoms with Gasteiger partial charge in [0.15, 0.2) is 13.2 Å². The lowest BCUT2D eigenvalue weighted by Crippen LogP contribution is -2.45. The molecule has 0 radical (unpaired) electrons. The summed E-state index contributed by atoms with van der Waals surface area (Å²) in [4.78, 5) is 23.6. The highest BCUT2D eigenvalue weighted by atomic mass is 35.5. The summed E-state index contributed by atoms with van der Waals surface area (Å²) in [6.07, 6.45) is 1.02. The average molecular weight is 439 g/mol. The van der Waals surface area contributed by atoms with E-state index < -0.39 is 11.8 Å². The molecule has 29 heavy (non-hydrogen) atoms. The Balaban J connectivity index is 1.72. The van der Waals surface area contributed by atoms with Crippen molar-refractivity contribution in [3.8, 4) is 11.5 Å². The summed E-state index contributed by atoms with van der Waals surface area (Å²) < 4.78 is 10.7. The summed E-state index contributed by atoms with van der Waals surface area (Å²) in [5, 5.41) is 0.749. The van der Waals surface area contributed by atoms with Crippen molar-refractivity contribution in [1.29, 1.82) is 0 Å². The van der Waals surface area contributed by atoms with E-state index in [-0.39, 0.29) is 23.7 Å². The van der Waals surface area contributed by atoms with Crippen LogP contribution in [0.3, 0.4) is 0 Å². The van der Waals surface area contributed by atoms with E-state index in [1.54, 1.807) is 12.1 Å². The molecule has 2 N–H and O–H groups in total. The van der Waals surface area contributed by atoms with Crippen molar-refractivity contribution in [1.82, 2.24) is 10.9 Å². The Labute approximate surface area is 180 Å². The Morgan fingerprint density at radius 3 is 2.07 bits per heavy atom. The molecule has 0 heterocycles. The molecule has 0 fully saturated rings. The van der Waals surface area contributed by atoms with Gasteiger partial charge in [-0.3, -0.25) is 20.4 Å². The van der Waals surface area contributed by atoms with Crippen LogP contribution in [0.1, 0.15) is 32.8 Å². The maximum absolute atomic E-state index is 11.8. The smallest absolute Gasteiger partial charge is 0.276 e. The Hall–Kier alpha value is -2.44. The van der Waals surface area contributed by atoms with E-state index in [4.69, 9.17) is 32.7 Å². The number of rotatable bonds is 8. The first kappa shape index (κ1) is 22.8. The van der Waals surface area contributed by atoms with Gasteiger partial charge in [0.05, 0.1) is 5.02 Å². The van der Waals surface area contributed by atoms with E-state index in [0.717, 1.165) is 6.42 Å². The van der Waals surface area contributed by atoms with Crippen LogP contribution in [-0.2, 0) is 15.0 Å². The fourth-order valence-electron chi connectivity index (χ4n) is 2.30. The van der Waals surface area contributed by atoms with Gasteiger partial charge in [-0.15, -0.1) is 0 Å². The second-order valence-electron chi connectivity index (χ2n) is 7.01. The molecule has 0 aliphatic heterocycles. The Kier molecular flexibility index (Phi) is 8.17. The van der Waals surface area contributed by atoms with Gasteiger partial charge in [-0.2, -0.15) is 0 Å². The van der Waals surface area contributed by atoms with Gasteiger partial charge in [-0.05, 0) is 47.7 Å². The molecule has 2 aromatic carbocycles. The van der Waals surface area contributed by atoms with Crippen molar-refractivity contribution in [2.45, 2.75) is 32.6 Å². The van der Waals surface area contributed by atoms with E-state index in [0.29, 0.717) is 16.5 Å². The molecule has 0 saturated carbocycles. The van der Waals surface area contributed by atoms with E-state index in [1.807, 2.05) is 24.3 Å². The molecule has 2 amide bonds. The first-order valence-electron chi connectivity index (χ1n) is 9.10. The standard InChI is InChI=1S/C21H24Cl2N2O4/c1-4-21(2,3)14-5-8-16(9-6-14)28-12-19(26)24-25-20(27)13-29-18-10-7-15(22)11-17(18)23/h5-11H,4,12-13H2,1-3H3,(H,24,26)(H,25,27). The number of benzene rings is 2. The van der Waals surface area contributed by atoms with Gasteiger partial charge in [0, 0.05) is 5.02 Å². The summed E-state index contributed by atoms with van der Waals surface area (Å²) in [5.74, 6) is -0.158. The average Bonchev–Trinajstić information content (AvgIpc) is 2.70. The fraction of sp³-hybridized carbons (Fsp3) is 0.333. The van der Waals surface area contributed by atoms with E-state index in [9.17, 15) is 9.59 Å². The van der Waals surface area contributed by atoms with Gasteiger partial charge in [-0.1, -0.05) is 56.1 Å². The highest BCUT2D eigenvalue weighted by Crippen LogP contribution is 2.28. The highest BCUT2D eigenvalue weighted by molar-refractivity contribution is 6.35. The Morgan fingerprint density at radius 2 is 1.52 bits per heavy atom. The van der Waals surface area contributed by atoms with Crippen LogP contribution in [0.2, 0.25) is 10.0 Å². The zero-order chi connectivity index (χ0) is 21.4. The van der Waals surface area contributed by atoms with Crippen LogP contribution in [-0.4, -0.2) is 25.0 Å². The van der Waals surface area contributed by atoms with Crippen molar-refractivity contribution < 1.29 is 19.1 Å². The van der Waals surface area contributed by atoms with Crippen LogP contribution in [0.15, 0.2) is 42.5 Å². The first-order chi connectivity index (χ1) is 13.7. The van der Waals surface area contributed by atoms with Crippen LogP contribution >= 0.6 is 23.2 Å². The molecule has 0 spiro atoms. The third-order valence-electron chi connectivity index (χ3n) is 4.48. The Bertz CT molecular complexity index is 854. The number of nitrogens with one attached hydrogen (secondary N) is 2. The van der Waals surface area contributed by atoms with E-state index in [2.05, 4.69) is 31.6 Å². The second-order valence-corrected chi connectivity index (χ2v) is 7.85. The highest BCUT2D eigenvalue weighted by Gasteiger charge is 2.17. The SMILES string of the molecule is CCC(C)(C)c1ccc(OCC(=O)NNC(=O)COc2ccc(Cl)cc2Cl)cc1. The molecule has 0 saturated heterocycles. The van der Waals surface area contributed by atoms with Crippen molar-refractivity contribution in [3.05, 3.63) is 58.1 Å². The summed E-state index contributed by atoms with van der Waals surface area (Å²) >= 11 is 11.7. The third-order valence-corrected chi connectivity index (χ3v) is 5.01. The number of hydrazine groups is 1. The summed E-state index contributed by atoms with van der Waals surface area (Å²) in [6, 6.07) is 12.3. The third kappa shape index (κ3) is 7.15. The van der Waals surface area contributed by atoms with Gasteiger partial charge < -0.3 is 9.47 Å². The molecular weight excluding hydrogens is 415 g/mol. The molecule has 0 aromatic heterocycles. The number of hydrogen-bond acceptors (Lipinski definition) is 4. The number of amides is 2. The van der Waals surface area contributed by atoms with Gasteiger partial charge in [-0.25, -0.2) is 0 Å². The predicted octanol–water partition coefficient (Wildman–Crippen LogP) is 4.29. The molecule has 0 aliphatic rings. The zero-order valence-electron chi connectivity index (χ0n) is 16.6. The normalized spacial score (nSPS) is 10.9. The number of hydrogen-bond donors (Lipinski definition) is 2. The first-order valence-corrected chi connectivity index (χ1v) is 9.85. The molecule has 0 unspecified atom stereocenters. The number of ether oxygens (including phenoxy) is 2. The second kappa shape index (κ2) is 10.4. The summed E-state index contributed by atoms with van der Waals surface area (Å²) in [7, 11) is 0. The monoisotopic (exact) mass is 438 g/mol. The summed E-state index contributed by atoms with van der Waals surface area (Å²) in [6.45, 7) is 5.92. The van der Waals surface area contributed by atoms with Gasteiger partial charge >= 0.3 is 0 Å². The van der Waals surface area contributed by atoms with E-state index in [1.165, 1.54) is 11.6 Å².